The summed E-state index contributed by atoms with van der Waals surface area (Å²) in [6.07, 6.45) is 3.23. The van der Waals surface area contributed by atoms with Crippen LogP contribution in [-0.4, -0.2) is 39.8 Å². The van der Waals surface area contributed by atoms with Gasteiger partial charge in [0.15, 0.2) is 0 Å². The zero-order chi connectivity index (χ0) is 17.0. The number of nitrogens with one attached hydrogen (secondary N) is 2. The fourth-order valence-electron chi connectivity index (χ4n) is 2.40. The Labute approximate surface area is 138 Å². The Morgan fingerprint density at radius 1 is 1.30 bits per heavy atom. The average Bonchev–Trinajstić information content (AvgIpc) is 3.26. The van der Waals surface area contributed by atoms with Crippen LogP contribution in [-0.2, 0) is 10.0 Å². The van der Waals surface area contributed by atoms with Crippen molar-refractivity contribution in [2.24, 2.45) is 0 Å². The highest BCUT2D eigenvalue weighted by Crippen LogP contribution is 2.28. The molecule has 0 aliphatic heterocycles. The zero-order valence-electron chi connectivity index (χ0n) is 13.9. The van der Waals surface area contributed by atoms with E-state index in [-0.39, 0.29) is 31.1 Å². The molecule has 1 aromatic rings. The number of hydrogen-bond acceptors (Lipinski definition) is 3. The topological polar surface area (TPSA) is 78.5 Å². The maximum Gasteiger partial charge on any atom is 0.315 e. The van der Waals surface area contributed by atoms with E-state index in [2.05, 4.69) is 10.6 Å². The first kappa shape index (κ1) is 17.6. The number of anilines is 1. The number of carbonyl (C=O) groups is 1. The fourth-order valence-corrected chi connectivity index (χ4v) is 3.35. The summed E-state index contributed by atoms with van der Waals surface area (Å²) in [7, 11) is -3.42. The van der Waals surface area contributed by atoms with Gasteiger partial charge in [-0.15, -0.1) is 0 Å². The van der Waals surface area contributed by atoms with E-state index in [4.69, 9.17) is 0 Å². The summed E-state index contributed by atoms with van der Waals surface area (Å²) in [4.78, 5) is 11.6. The number of sulfonamides is 1. The zero-order valence-corrected chi connectivity index (χ0v) is 14.7. The highest BCUT2D eigenvalue weighted by Gasteiger charge is 2.24. The van der Waals surface area contributed by atoms with Gasteiger partial charge in [-0.25, -0.2) is 13.2 Å². The van der Waals surface area contributed by atoms with Crippen molar-refractivity contribution in [1.29, 1.82) is 0 Å². The van der Waals surface area contributed by atoms with Crippen LogP contribution in [0.2, 0.25) is 0 Å². The Hall–Kier alpha value is -1.76. The van der Waals surface area contributed by atoms with E-state index in [1.807, 2.05) is 32.0 Å². The SMILES string of the molecule is CC(C)c1ccccc1N(CCNC(=O)NC1CC1)S(C)(=O)=O. The monoisotopic (exact) mass is 339 g/mol. The second-order valence-corrected chi connectivity index (χ2v) is 8.13. The van der Waals surface area contributed by atoms with E-state index in [1.54, 1.807) is 6.07 Å². The molecule has 0 heterocycles. The lowest BCUT2D eigenvalue weighted by Gasteiger charge is -2.26. The van der Waals surface area contributed by atoms with E-state index in [9.17, 15) is 13.2 Å². The molecule has 23 heavy (non-hydrogen) atoms. The van der Waals surface area contributed by atoms with Gasteiger partial charge < -0.3 is 10.6 Å². The van der Waals surface area contributed by atoms with Crippen LogP contribution < -0.4 is 14.9 Å². The molecule has 2 amide bonds. The number of urea groups is 1. The molecule has 0 spiro atoms. The lowest BCUT2D eigenvalue weighted by molar-refractivity contribution is 0.241. The normalized spacial score (nSPS) is 14.6. The third-order valence-electron chi connectivity index (χ3n) is 3.74. The summed E-state index contributed by atoms with van der Waals surface area (Å²) in [5, 5.41) is 5.54. The maximum atomic E-state index is 12.2. The number of amides is 2. The second-order valence-electron chi connectivity index (χ2n) is 6.22. The van der Waals surface area contributed by atoms with E-state index in [0.29, 0.717) is 5.69 Å². The largest absolute Gasteiger partial charge is 0.336 e. The minimum Gasteiger partial charge on any atom is -0.336 e. The predicted octanol–water partition coefficient (Wildman–Crippen LogP) is 2.04. The van der Waals surface area contributed by atoms with Crippen LogP contribution in [0.15, 0.2) is 24.3 Å². The summed E-state index contributed by atoms with van der Waals surface area (Å²) in [5.74, 6) is 0.210. The molecule has 1 aromatic carbocycles. The minimum absolute atomic E-state index is 0.209. The molecular weight excluding hydrogens is 314 g/mol. The average molecular weight is 339 g/mol. The number of hydrogen-bond donors (Lipinski definition) is 2. The van der Waals surface area contributed by atoms with E-state index < -0.39 is 10.0 Å². The Balaban J connectivity index is 2.07. The first-order valence-electron chi connectivity index (χ1n) is 7.90. The van der Waals surface area contributed by atoms with Gasteiger partial charge in [0.05, 0.1) is 18.5 Å². The van der Waals surface area contributed by atoms with Crippen LogP contribution in [0.5, 0.6) is 0 Å². The fraction of sp³-hybridized carbons (Fsp3) is 0.562. The molecule has 1 saturated carbocycles. The third kappa shape index (κ3) is 5.13. The first-order chi connectivity index (χ1) is 10.8. The number of para-hydroxylation sites is 1. The van der Waals surface area contributed by atoms with Crippen LogP contribution in [0.4, 0.5) is 10.5 Å². The predicted molar refractivity (Wildman–Crippen MR) is 92.3 cm³/mol. The lowest BCUT2D eigenvalue weighted by atomic mass is 10.0. The van der Waals surface area contributed by atoms with Crippen LogP contribution >= 0.6 is 0 Å². The molecule has 7 heteroatoms. The summed E-state index contributed by atoms with van der Waals surface area (Å²) in [6, 6.07) is 7.51. The van der Waals surface area contributed by atoms with Gasteiger partial charge in [0.1, 0.15) is 0 Å². The van der Waals surface area contributed by atoms with Crippen LogP contribution in [0.3, 0.4) is 0 Å². The van der Waals surface area contributed by atoms with Crippen molar-refractivity contribution < 1.29 is 13.2 Å². The Bertz CT molecular complexity index is 654. The molecule has 6 nitrogen and oxygen atoms in total. The van der Waals surface area contributed by atoms with Gasteiger partial charge in [-0.2, -0.15) is 0 Å². The summed E-state index contributed by atoms with van der Waals surface area (Å²) in [5.41, 5.74) is 1.65. The first-order valence-corrected chi connectivity index (χ1v) is 9.75. The second kappa shape index (κ2) is 7.21. The third-order valence-corrected chi connectivity index (χ3v) is 4.92. The number of benzene rings is 1. The molecule has 1 aliphatic carbocycles. The molecule has 128 valence electrons. The molecule has 1 fully saturated rings. The van der Waals surface area contributed by atoms with Crippen molar-refractivity contribution in [3.63, 3.8) is 0 Å². The molecule has 2 rings (SSSR count). The van der Waals surface area contributed by atoms with Crippen LogP contribution in [0.1, 0.15) is 38.2 Å². The van der Waals surface area contributed by atoms with Crippen molar-refractivity contribution in [2.75, 3.05) is 23.7 Å². The molecule has 0 saturated heterocycles. The van der Waals surface area contributed by atoms with Crippen LogP contribution in [0.25, 0.3) is 0 Å². The van der Waals surface area contributed by atoms with Crippen molar-refractivity contribution in [1.82, 2.24) is 10.6 Å². The van der Waals surface area contributed by atoms with E-state index in [0.717, 1.165) is 18.4 Å². The van der Waals surface area contributed by atoms with E-state index in [1.165, 1.54) is 10.6 Å². The number of carbonyl (C=O) groups excluding carboxylic acids is 1. The van der Waals surface area contributed by atoms with Gasteiger partial charge in [-0.1, -0.05) is 32.0 Å². The van der Waals surface area contributed by atoms with Crippen molar-refractivity contribution in [2.45, 2.75) is 38.6 Å². The molecule has 1 aliphatic rings. The molecule has 0 aromatic heterocycles. The number of nitrogens with zero attached hydrogens (tertiary/aromatic N) is 1. The van der Waals surface area contributed by atoms with Gasteiger partial charge in [-0.3, -0.25) is 4.31 Å². The van der Waals surface area contributed by atoms with Crippen molar-refractivity contribution in [3.8, 4) is 0 Å². The quantitative estimate of drug-likeness (QED) is 0.798. The molecule has 0 atom stereocenters. The Kier molecular flexibility index (Phi) is 5.51. The highest BCUT2D eigenvalue weighted by molar-refractivity contribution is 7.92. The molecule has 2 N–H and O–H groups in total. The van der Waals surface area contributed by atoms with Crippen molar-refractivity contribution in [3.05, 3.63) is 29.8 Å². The van der Waals surface area contributed by atoms with E-state index >= 15 is 0 Å². The van der Waals surface area contributed by atoms with Gasteiger partial charge >= 0.3 is 6.03 Å². The Morgan fingerprint density at radius 3 is 2.52 bits per heavy atom. The molecule has 0 bridgehead atoms. The maximum absolute atomic E-state index is 12.2. The molecular formula is C16H25N3O3S. The van der Waals surface area contributed by atoms with Gasteiger partial charge in [-0.05, 0) is 30.4 Å². The van der Waals surface area contributed by atoms with Crippen LogP contribution in [0, 0.1) is 0 Å². The number of rotatable bonds is 7. The van der Waals surface area contributed by atoms with Gasteiger partial charge in [0.25, 0.3) is 0 Å². The standard InChI is InChI=1S/C16H25N3O3S/c1-12(2)14-6-4-5-7-15(14)19(23(3,21)22)11-10-17-16(20)18-13-8-9-13/h4-7,12-13H,8-11H2,1-3H3,(H2,17,18,20). The van der Waals surface area contributed by atoms with Gasteiger partial charge in [0.2, 0.25) is 10.0 Å². The highest BCUT2D eigenvalue weighted by atomic mass is 32.2. The lowest BCUT2D eigenvalue weighted by Crippen LogP contribution is -2.42. The summed E-state index contributed by atoms with van der Waals surface area (Å²) in [6.45, 7) is 4.53. The summed E-state index contributed by atoms with van der Waals surface area (Å²) >= 11 is 0. The minimum atomic E-state index is -3.42. The van der Waals surface area contributed by atoms with Gasteiger partial charge in [0, 0.05) is 12.6 Å². The Morgan fingerprint density at radius 2 is 1.96 bits per heavy atom. The molecule has 0 unspecified atom stereocenters. The molecule has 0 radical (unpaired) electrons. The van der Waals surface area contributed by atoms with Crippen molar-refractivity contribution >= 4 is 21.7 Å². The summed E-state index contributed by atoms with van der Waals surface area (Å²) < 4.78 is 25.7. The smallest absolute Gasteiger partial charge is 0.315 e.